The van der Waals surface area contributed by atoms with Crippen LogP contribution in [0.15, 0.2) is 42.6 Å². The summed E-state index contributed by atoms with van der Waals surface area (Å²) in [6.45, 7) is 2.84. The summed E-state index contributed by atoms with van der Waals surface area (Å²) >= 11 is 0. The Morgan fingerprint density at radius 3 is 3.00 bits per heavy atom. The van der Waals surface area contributed by atoms with E-state index in [1.807, 2.05) is 18.2 Å². The van der Waals surface area contributed by atoms with E-state index in [0.717, 1.165) is 30.1 Å². The van der Waals surface area contributed by atoms with Crippen molar-refractivity contribution in [2.75, 3.05) is 11.9 Å². The predicted octanol–water partition coefficient (Wildman–Crippen LogP) is 2.81. The first kappa shape index (κ1) is 11.1. The fourth-order valence-electron chi connectivity index (χ4n) is 2.25. The maximum Gasteiger partial charge on any atom is 0.128 e. The quantitative estimate of drug-likeness (QED) is 0.895. The zero-order valence-electron chi connectivity index (χ0n) is 10.4. The predicted molar refractivity (Wildman–Crippen MR) is 72.0 cm³/mol. The molecule has 1 aromatic carbocycles. The second-order valence-corrected chi connectivity index (χ2v) is 4.60. The van der Waals surface area contributed by atoms with Crippen molar-refractivity contribution in [2.24, 2.45) is 0 Å². The largest absolute Gasteiger partial charge is 0.488 e. The first-order chi connectivity index (χ1) is 8.83. The van der Waals surface area contributed by atoms with Crippen molar-refractivity contribution in [1.82, 2.24) is 4.98 Å². The maximum atomic E-state index is 5.88. The van der Waals surface area contributed by atoms with Crippen LogP contribution in [0.1, 0.15) is 11.1 Å². The van der Waals surface area contributed by atoms with E-state index >= 15 is 0 Å². The smallest absolute Gasteiger partial charge is 0.128 e. The minimum atomic E-state index is 0.198. The van der Waals surface area contributed by atoms with Crippen LogP contribution in [0, 0.1) is 6.92 Å². The molecule has 1 N–H and O–H groups in total. The van der Waals surface area contributed by atoms with Gasteiger partial charge in [0.15, 0.2) is 0 Å². The fourth-order valence-corrected chi connectivity index (χ4v) is 2.25. The van der Waals surface area contributed by atoms with Crippen molar-refractivity contribution in [3.05, 3.63) is 53.7 Å². The number of ether oxygens (including phenoxy) is 1. The summed E-state index contributed by atoms with van der Waals surface area (Å²) in [6.07, 6.45) is 2.97. The average molecular weight is 240 g/mol. The van der Waals surface area contributed by atoms with Gasteiger partial charge in [-0.1, -0.05) is 24.3 Å². The number of aryl methyl sites for hydroxylation is 1. The minimum absolute atomic E-state index is 0.198. The summed E-state index contributed by atoms with van der Waals surface area (Å²) in [5, 5.41) is 3.35. The number of rotatable bonds is 3. The summed E-state index contributed by atoms with van der Waals surface area (Å²) in [5.41, 5.74) is 2.45. The van der Waals surface area contributed by atoms with Gasteiger partial charge in [0.05, 0.1) is 6.54 Å². The third-order valence-corrected chi connectivity index (χ3v) is 3.22. The number of para-hydroxylation sites is 1. The van der Waals surface area contributed by atoms with Gasteiger partial charge in [-0.05, 0) is 30.2 Å². The van der Waals surface area contributed by atoms with Gasteiger partial charge in [0.2, 0.25) is 0 Å². The molecule has 0 aliphatic carbocycles. The van der Waals surface area contributed by atoms with E-state index in [2.05, 4.69) is 35.4 Å². The first-order valence-corrected chi connectivity index (χ1v) is 6.23. The number of hydrogen-bond acceptors (Lipinski definition) is 3. The molecule has 1 aliphatic heterocycles. The number of pyridine rings is 1. The Hall–Kier alpha value is -2.03. The number of aromatic nitrogens is 1. The van der Waals surface area contributed by atoms with E-state index in [4.69, 9.17) is 4.74 Å². The van der Waals surface area contributed by atoms with Crippen molar-refractivity contribution in [3.63, 3.8) is 0 Å². The molecular weight excluding hydrogens is 224 g/mol. The molecular formula is C15H16N2O. The number of hydrogen-bond donors (Lipinski definition) is 1. The zero-order valence-corrected chi connectivity index (χ0v) is 10.4. The average Bonchev–Trinajstić information content (AvgIpc) is 2.80. The molecule has 1 unspecified atom stereocenters. The zero-order chi connectivity index (χ0) is 12.4. The third-order valence-electron chi connectivity index (χ3n) is 3.22. The molecule has 1 aliphatic rings. The van der Waals surface area contributed by atoms with Crippen molar-refractivity contribution in [3.8, 4) is 5.75 Å². The Labute approximate surface area is 107 Å². The standard InChI is InChI=1S/C15H16N2O/c1-11-5-4-8-16-15(11)17-10-13-9-12-6-2-3-7-14(12)18-13/h2-8,13H,9-10H2,1H3,(H,16,17). The Morgan fingerprint density at radius 1 is 1.28 bits per heavy atom. The molecule has 0 saturated heterocycles. The molecule has 0 radical (unpaired) electrons. The molecule has 1 atom stereocenters. The lowest BCUT2D eigenvalue weighted by molar-refractivity contribution is 0.246. The van der Waals surface area contributed by atoms with Gasteiger partial charge in [0.1, 0.15) is 17.7 Å². The van der Waals surface area contributed by atoms with Gasteiger partial charge in [-0.2, -0.15) is 0 Å². The molecule has 0 saturated carbocycles. The molecule has 2 aromatic rings. The Bertz CT molecular complexity index is 529. The van der Waals surface area contributed by atoms with Gasteiger partial charge >= 0.3 is 0 Å². The van der Waals surface area contributed by atoms with E-state index in [1.54, 1.807) is 6.20 Å². The lowest BCUT2D eigenvalue weighted by Gasteiger charge is -2.13. The number of benzene rings is 1. The van der Waals surface area contributed by atoms with Crippen LogP contribution in [0.2, 0.25) is 0 Å². The van der Waals surface area contributed by atoms with E-state index in [0.29, 0.717) is 0 Å². The molecule has 3 heteroatoms. The van der Waals surface area contributed by atoms with Crippen LogP contribution in [0.25, 0.3) is 0 Å². The second-order valence-electron chi connectivity index (χ2n) is 4.60. The van der Waals surface area contributed by atoms with E-state index in [9.17, 15) is 0 Å². The number of anilines is 1. The molecule has 3 rings (SSSR count). The van der Waals surface area contributed by atoms with Crippen LogP contribution in [0.3, 0.4) is 0 Å². The normalized spacial score (nSPS) is 17.1. The highest BCUT2D eigenvalue weighted by molar-refractivity contribution is 5.43. The fraction of sp³-hybridized carbons (Fsp3) is 0.267. The van der Waals surface area contributed by atoms with Crippen LogP contribution >= 0.6 is 0 Å². The molecule has 3 nitrogen and oxygen atoms in total. The summed E-state index contributed by atoms with van der Waals surface area (Å²) in [6, 6.07) is 12.2. The van der Waals surface area contributed by atoms with Gasteiger partial charge in [-0.25, -0.2) is 4.98 Å². The van der Waals surface area contributed by atoms with Crippen molar-refractivity contribution < 1.29 is 4.74 Å². The topological polar surface area (TPSA) is 34.2 Å². The van der Waals surface area contributed by atoms with Gasteiger partial charge in [-0.15, -0.1) is 0 Å². The summed E-state index contributed by atoms with van der Waals surface area (Å²) < 4.78 is 5.88. The van der Waals surface area contributed by atoms with Crippen LogP contribution < -0.4 is 10.1 Å². The lowest BCUT2D eigenvalue weighted by atomic mass is 10.1. The summed E-state index contributed by atoms with van der Waals surface area (Å²) in [5.74, 6) is 1.96. The Balaban J connectivity index is 1.62. The molecule has 2 heterocycles. The van der Waals surface area contributed by atoms with Crippen LogP contribution in [-0.4, -0.2) is 17.6 Å². The lowest BCUT2D eigenvalue weighted by Crippen LogP contribution is -2.24. The highest BCUT2D eigenvalue weighted by Crippen LogP contribution is 2.28. The Kier molecular flexibility index (Phi) is 2.89. The molecule has 0 bridgehead atoms. The molecule has 0 amide bonds. The highest BCUT2D eigenvalue weighted by Gasteiger charge is 2.21. The highest BCUT2D eigenvalue weighted by atomic mass is 16.5. The van der Waals surface area contributed by atoms with Crippen molar-refractivity contribution in [1.29, 1.82) is 0 Å². The van der Waals surface area contributed by atoms with Crippen LogP contribution in [0.4, 0.5) is 5.82 Å². The van der Waals surface area contributed by atoms with Crippen molar-refractivity contribution in [2.45, 2.75) is 19.4 Å². The molecule has 0 fully saturated rings. The third kappa shape index (κ3) is 2.16. The van der Waals surface area contributed by atoms with Gasteiger partial charge in [0, 0.05) is 12.6 Å². The monoisotopic (exact) mass is 240 g/mol. The number of fused-ring (bicyclic) bond motifs is 1. The first-order valence-electron chi connectivity index (χ1n) is 6.23. The summed E-state index contributed by atoms with van der Waals surface area (Å²) in [7, 11) is 0. The van der Waals surface area contributed by atoms with Crippen molar-refractivity contribution >= 4 is 5.82 Å². The number of nitrogens with zero attached hydrogens (tertiary/aromatic N) is 1. The number of nitrogens with one attached hydrogen (secondary N) is 1. The molecule has 1 aromatic heterocycles. The summed E-state index contributed by atoms with van der Waals surface area (Å²) in [4.78, 5) is 4.32. The SMILES string of the molecule is Cc1cccnc1NCC1Cc2ccccc2O1. The molecule has 18 heavy (non-hydrogen) atoms. The van der Waals surface area contributed by atoms with Crippen LogP contribution in [-0.2, 0) is 6.42 Å². The van der Waals surface area contributed by atoms with Gasteiger partial charge in [-0.3, -0.25) is 0 Å². The van der Waals surface area contributed by atoms with E-state index < -0.39 is 0 Å². The Morgan fingerprint density at radius 2 is 2.17 bits per heavy atom. The van der Waals surface area contributed by atoms with Gasteiger partial charge < -0.3 is 10.1 Å². The molecule has 92 valence electrons. The van der Waals surface area contributed by atoms with E-state index in [-0.39, 0.29) is 6.10 Å². The van der Waals surface area contributed by atoms with Crippen LogP contribution in [0.5, 0.6) is 5.75 Å². The van der Waals surface area contributed by atoms with E-state index in [1.165, 1.54) is 5.56 Å². The minimum Gasteiger partial charge on any atom is -0.488 e. The second kappa shape index (κ2) is 4.69. The molecule has 0 spiro atoms. The maximum absolute atomic E-state index is 5.88. The van der Waals surface area contributed by atoms with Gasteiger partial charge in [0.25, 0.3) is 0 Å².